The molecule has 4 heteroatoms. The number of hydrogen-bond acceptors (Lipinski definition) is 3. The van der Waals surface area contributed by atoms with Crippen LogP contribution in [0.3, 0.4) is 0 Å². The van der Waals surface area contributed by atoms with Crippen molar-refractivity contribution in [2.75, 3.05) is 12.3 Å². The van der Waals surface area contributed by atoms with Crippen LogP contribution in [0.4, 0.5) is 10.1 Å². The predicted octanol–water partition coefficient (Wildman–Crippen LogP) is 3.06. The lowest BCUT2D eigenvalue weighted by molar-refractivity contribution is 0.0442. The van der Waals surface area contributed by atoms with Crippen molar-refractivity contribution in [3.05, 3.63) is 29.1 Å². The Morgan fingerprint density at radius 2 is 2.11 bits per heavy atom. The fraction of sp³-hybridized carbons (Fsp3) is 0.500. The number of hydrogen-bond donors (Lipinski definition) is 1. The lowest BCUT2D eigenvalue weighted by Gasteiger charge is -2.11. The Hall–Kier alpha value is -1.58. The van der Waals surface area contributed by atoms with Crippen molar-refractivity contribution in [1.29, 1.82) is 0 Å². The van der Waals surface area contributed by atoms with E-state index in [2.05, 4.69) is 0 Å². The van der Waals surface area contributed by atoms with E-state index in [0.29, 0.717) is 18.1 Å². The molecular weight excluding hydrogens is 233 g/mol. The Balaban J connectivity index is 2.00. The summed E-state index contributed by atoms with van der Waals surface area (Å²) in [5.74, 6) is -0.503. The topological polar surface area (TPSA) is 52.3 Å². The van der Waals surface area contributed by atoms with E-state index in [0.717, 1.165) is 12.8 Å². The Bertz CT molecular complexity index is 430. The number of benzene rings is 1. The molecule has 0 atom stereocenters. The number of rotatable bonds is 3. The average molecular weight is 251 g/mol. The van der Waals surface area contributed by atoms with E-state index in [1.54, 1.807) is 6.92 Å². The molecule has 0 aliphatic heterocycles. The molecule has 3 nitrogen and oxygen atoms in total. The third-order valence-electron chi connectivity index (χ3n) is 3.55. The second-order valence-corrected chi connectivity index (χ2v) is 4.92. The number of carbonyl (C=O) groups is 1. The molecule has 0 unspecified atom stereocenters. The fourth-order valence-corrected chi connectivity index (χ4v) is 2.27. The Kier molecular flexibility index (Phi) is 3.84. The van der Waals surface area contributed by atoms with Crippen LogP contribution < -0.4 is 5.73 Å². The van der Waals surface area contributed by atoms with Crippen LogP contribution >= 0.6 is 0 Å². The number of nitrogen functional groups attached to an aromatic ring is 1. The second kappa shape index (κ2) is 5.38. The minimum absolute atomic E-state index is 0.189. The van der Waals surface area contributed by atoms with Crippen LogP contribution in [0.25, 0.3) is 0 Å². The van der Waals surface area contributed by atoms with Crippen LogP contribution in [0.2, 0.25) is 0 Å². The maximum Gasteiger partial charge on any atom is 0.338 e. The Labute approximate surface area is 106 Å². The Morgan fingerprint density at radius 1 is 1.44 bits per heavy atom. The van der Waals surface area contributed by atoms with Crippen molar-refractivity contribution in [3.63, 3.8) is 0 Å². The summed E-state index contributed by atoms with van der Waals surface area (Å²) in [5, 5.41) is 0. The van der Waals surface area contributed by atoms with Gasteiger partial charge in [-0.2, -0.15) is 0 Å². The molecule has 0 aromatic heterocycles. The number of carbonyl (C=O) groups excluding carboxylic acids is 1. The molecule has 0 amide bonds. The number of nitrogens with two attached hydrogens (primary N) is 1. The van der Waals surface area contributed by atoms with Gasteiger partial charge in [-0.1, -0.05) is 12.8 Å². The zero-order chi connectivity index (χ0) is 13.1. The van der Waals surface area contributed by atoms with Gasteiger partial charge in [-0.15, -0.1) is 0 Å². The highest BCUT2D eigenvalue weighted by Gasteiger charge is 2.18. The number of ether oxygens (including phenoxy) is 1. The first-order valence-corrected chi connectivity index (χ1v) is 6.30. The van der Waals surface area contributed by atoms with Gasteiger partial charge in [0.15, 0.2) is 0 Å². The fourth-order valence-electron chi connectivity index (χ4n) is 2.27. The van der Waals surface area contributed by atoms with Crippen molar-refractivity contribution >= 4 is 11.7 Å². The van der Waals surface area contributed by atoms with Gasteiger partial charge in [0.05, 0.1) is 12.2 Å². The highest BCUT2D eigenvalue weighted by molar-refractivity contribution is 5.90. The smallest absolute Gasteiger partial charge is 0.338 e. The molecule has 1 saturated carbocycles. The quantitative estimate of drug-likeness (QED) is 0.663. The van der Waals surface area contributed by atoms with E-state index in [1.165, 1.54) is 25.0 Å². The molecule has 0 heterocycles. The number of anilines is 1. The lowest BCUT2D eigenvalue weighted by Crippen LogP contribution is -2.13. The molecule has 1 aromatic rings. The highest BCUT2D eigenvalue weighted by Crippen LogP contribution is 2.25. The SMILES string of the molecule is Cc1c(N)cc(C(=O)OCC2CCCC2)cc1F. The largest absolute Gasteiger partial charge is 0.462 e. The van der Waals surface area contributed by atoms with Crippen LogP contribution in [-0.2, 0) is 4.74 Å². The van der Waals surface area contributed by atoms with Crippen LogP contribution in [0.5, 0.6) is 0 Å². The second-order valence-electron chi connectivity index (χ2n) is 4.92. The summed E-state index contributed by atoms with van der Waals surface area (Å²) in [6.45, 7) is 2.01. The molecule has 0 radical (unpaired) electrons. The summed E-state index contributed by atoms with van der Waals surface area (Å²) in [6.07, 6.45) is 4.62. The lowest BCUT2D eigenvalue weighted by atomic mass is 10.1. The maximum atomic E-state index is 13.5. The molecule has 0 bridgehead atoms. The zero-order valence-electron chi connectivity index (χ0n) is 10.5. The van der Waals surface area contributed by atoms with Crippen molar-refractivity contribution in [2.45, 2.75) is 32.6 Å². The van der Waals surface area contributed by atoms with E-state index < -0.39 is 11.8 Å². The summed E-state index contributed by atoms with van der Waals surface area (Å²) >= 11 is 0. The first-order valence-electron chi connectivity index (χ1n) is 6.30. The summed E-state index contributed by atoms with van der Waals surface area (Å²) in [4.78, 5) is 11.8. The van der Waals surface area contributed by atoms with E-state index in [1.807, 2.05) is 0 Å². The maximum absolute atomic E-state index is 13.5. The van der Waals surface area contributed by atoms with E-state index in [-0.39, 0.29) is 11.3 Å². The van der Waals surface area contributed by atoms with E-state index >= 15 is 0 Å². The van der Waals surface area contributed by atoms with Gasteiger partial charge in [-0.3, -0.25) is 0 Å². The van der Waals surface area contributed by atoms with Crippen LogP contribution in [-0.4, -0.2) is 12.6 Å². The van der Waals surface area contributed by atoms with Crippen LogP contribution in [0.1, 0.15) is 41.6 Å². The molecule has 1 aliphatic rings. The molecule has 1 fully saturated rings. The molecule has 2 N–H and O–H groups in total. The van der Waals surface area contributed by atoms with Crippen molar-refractivity contribution in [2.24, 2.45) is 5.92 Å². The summed E-state index contributed by atoms with van der Waals surface area (Å²) in [7, 11) is 0. The number of esters is 1. The van der Waals surface area contributed by atoms with Gasteiger partial charge in [0.25, 0.3) is 0 Å². The Morgan fingerprint density at radius 3 is 2.72 bits per heavy atom. The van der Waals surface area contributed by atoms with Gasteiger partial charge in [-0.25, -0.2) is 9.18 Å². The first-order chi connectivity index (χ1) is 8.58. The molecule has 0 spiro atoms. The minimum Gasteiger partial charge on any atom is -0.462 e. The molecule has 0 saturated heterocycles. The normalized spacial score (nSPS) is 15.9. The third-order valence-corrected chi connectivity index (χ3v) is 3.55. The van der Waals surface area contributed by atoms with Crippen LogP contribution in [0.15, 0.2) is 12.1 Å². The standard InChI is InChI=1S/C14H18FNO2/c1-9-12(15)6-11(7-13(9)16)14(17)18-8-10-4-2-3-5-10/h6-7,10H,2-5,8,16H2,1H3. The molecular formula is C14H18FNO2. The van der Waals surface area contributed by atoms with Crippen molar-refractivity contribution in [3.8, 4) is 0 Å². The molecule has 2 rings (SSSR count). The highest BCUT2D eigenvalue weighted by atomic mass is 19.1. The van der Waals surface area contributed by atoms with Crippen LogP contribution in [0, 0.1) is 18.7 Å². The molecule has 18 heavy (non-hydrogen) atoms. The van der Waals surface area contributed by atoms with Gasteiger partial charge in [0.1, 0.15) is 5.82 Å². The first kappa shape index (κ1) is 12.9. The predicted molar refractivity (Wildman–Crippen MR) is 67.8 cm³/mol. The van der Waals surface area contributed by atoms with Gasteiger partial charge < -0.3 is 10.5 Å². The van der Waals surface area contributed by atoms with Gasteiger partial charge in [0.2, 0.25) is 0 Å². The summed E-state index contributed by atoms with van der Waals surface area (Å²) in [6, 6.07) is 2.65. The molecule has 98 valence electrons. The van der Waals surface area contributed by atoms with Gasteiger partial charge >= 0.3 is 5.97 Å². The summed E-state index contributed by atoms with van der Waals surface area (Å²) in [5.41, 5.74) is 6.46. The molecule has 1 aliphatic carbocycles. The van der Waals surface area contributed by atoms with Crippen molar-refractivity contribution in [1.82, 2.24) is 0 Å². The number of halogens is 1. The molecule has 1 aromatic carbocycles. The average Bonchev–Trinajstić information content (AvgIpc) is 2.85. The van der Waals surface area contributed by atoms with Gasteiger partial charge in [0, 0.05) is 11.3 Å². The van der Waals surface area contributed by atoms with Gasteiger partial charge in [-0.05, 0) is 37.8 Å². The monoisotopic (exact) mass is 251 g/mol. The van der Waals surface area contributed by atoms with Crippen molar-refractivity contribution < 1.29 is 13.9 Å². The third kappa shape index (κ3) is 2.81. The zero-order valence-corrected chi connectivity index (χ0v) is 10.5. The summed E-state index contributed by atoms with van der Waals surface area (Å²) < 4.78 is 18.7. The van der Waals surface area contributed by atoms with E-state index in [9.17, 15) is 9.18 Å². The van der Waals surface area contributed by atoms with E-state index in [4.69, 9.17) is 10.5 Å². The minimum atomic E-state index is -0.493.